The molecule has 7 heteroatoms. The summed E-state index contributed by atoms with van der Waals surface area (Å²) in [5, 5.41) is 2.76. The predicted octanol–water partition coefficient (Wildman–Crippen LogP) is 3.20. The normalized spacial score (nSPS) is 25.0. The predicted molar refractivity (Wildman–Crippen MR) is 129 cm³/mol. The third-order valence-corrected chi connectivity index (χ3v) is 7.37. The monoisotopic (exact) mass is 472 g/mol. The van der Waals surface area contributed by atoms with Gasteiger partial charge < -0.3 is 10.1 Å². The van der Waals surface area contributed by atoms with Crippen molar-refractivity contribution >= 4 is 29.4 Å². The first-order chi connectivity index (χ1) is 16.8. The number of nitrogens with one attached hydrogen (secondary N) is 1. The quantitative estimate of drug-likeness (QED) is 0.380. The number of hydrogen-bond donors (Lipinski definition) is 1. The summed E-state index contributed by atoms with van der Waals surface area (Å²) in [5.74, 6) is -2.58. The molecule has 2 aromatic rings. The van der Waals surface area contributed by atoms with Gasteiger partial charge in [0.05, 0.1) is 11.8 Å². The van der Waals surface area contributed by atoms with Gasteiger partial charge >= 0.3 is 5.97 Å². The number of aryl methyl sites for hydroxylation is 2. The Bertz CT molecular complexity index is 1190. The zero-order chi connectivity index (χ0) is 24.7. The van der Waals surface area contributed by atoms with Crippen LogP contribution in [0.2, 0.25) is 0 Å². The second-order valence-corrected chi connectivity index (χ2v) is 9.73. The maximum absolute atomic E-state index is 13.4. The number of imide groups is 1. The lowest BCUT2D eigenvalue weighted by Gasteiger charge is -2.26. The first-order valence-electron chi connectivity index (χ1n) is 12.0. The van der Waals surface area contributed by atoms with E-state index in [2.05, 4.69) is 5.32 Å². The molecular weight excluding hydrogens is 444 g/mol. The van der Waals surface area contributed by atoms with Crippen LogP contribution in [0.5, 0.6) is 0 Å². The molecule has 1 saturated heterocycles. The third-order valence-electron chi connectivity index (χ3n) is 7.37. The van der Waals surface area contributed by atoms with Gasteiger partial charge in [0.25, 0.3) is 5.91 Å². The molecule has 0 unspecified atom stereocenters. The van der Waals surface area contributed by atoms with E-state index in [9.17, 15) is 19.2 Å². The molecule has 1 saturated carbocycles. The van der Waals surface area contributed by atoms with E-state index in [-0.39, 0.29) is 30.1 Å². The highest BCUT2D eigenvalue weighted by molar-refractivity contribution is 6.09. The Labute approximate surface area is 204 Å². The van der Waals surface area contributed by atoms with E-state index in [4.69, 9.17) is 4.74 Å². The number of benzene rings is 2. The van der Waals surface area contributed by atoms with Gasteiger partial charge in [0, 0.05) is 12.1 Å². The molecule has 180 valence electrons. The summed E-state index contributed by atoms with van der Waals surface area (Å²) in [6.45, 7) is 3.29. The molecule has 35 heavy (non-hydrogen) atoms. The number of nitrogens with zero attached hydrogens (tertiary/aromatic N) is 1. The number of anilines is 1. The maximum atomic E-state index is 13.4. The molecule has 5 rings (SSSR count). The van der Waals surface area contributed by atoms with Gasteiger partial charge in [-0.05, 0) is 54.9 Å². The van der Waals surface area contributed by atoms with E-state index in [0.29, 0.717) is 5.69 Å². The number of ether oxygens (including phenoxy) is 1. The van der Waals surface area contributed by atoms with Gasteiger partial charge in [0.1, 0.15) is 6.04 Å². The second-order valence-electron chi connectivity index (χ2n) is 9.73. The Hall–Kier alpha value is -3.74. The number of esters is 1. The minimum Gasteiger partial charge on any atom is -0.454 e. The number of likely N-dealkylation sites (tertiary alicyclic amines) is 1. The minimum atomic E-state index is -1.11. The van der Waals surface area contributed by atoms with Crippen molar-refractivity contribution in [3.05, 3.63) is 77.4 Å². The van der Waals surface area contributed by atoms with Gasteiger partial charge in [-0.1, -0.05) is 54.6 Å². The minimum absolute atomic E-state index is 0.0446. The van der Waals surface area contributed by atoms with E-state index < -0.39 is 36.4 Å². The van der Waals surface area contributed by atoms with Crippen LogP contribution in [0.15, 0.2) is 60.7 Å². The number of carbonyl (C=O) groups is 4. The van der Waals surface area contributed by atoms with Crippen molar-refractivity contribution in [3.63, 3.8) is 0 Å². The molecular formula is C28H28N2O5. The van der Waals surface area contributed by atoms with Crippen LogP contribution in [0.4, 0.5) is 5.69 Å². The number of rotatable bonds is 7. The van der Waals surface area contributed by atoms with Crippen LogP contribution in [0.1, 0.15) is 23.1 Å². The fourth-order valence-electron chi connectivity index (χ4n) is 5.64. The lowest BCUT2D eigenvalue weighted by molar-refractivity contribution is -0.160. The summed E-state index contributed by atoms with van der Waals surface area (Å²) in [6.07, 6.45) is 4.98. The molecule has 0 aromatic heterocycles. The van der Waals surface area contributed by atoms with Gasteiger partial charge in [-0.25, -0.2) is 4.79 Å². The Morgan fingerprint density at radius 2 is 1.66 bits per heavy atom. The molecule has 2 bridgehead atoms. The number of fused-ring (bicyclic) bond motifs is 5. The van der Waals surface area contributed by atoms with Gasteiger partial charge in [-0.2, -0.15) is 0 Å². The van der Waals surface area contributed by atoms with Gasteiger partial charge in [0.2, 0.25) is 11.8 Å². The van der Waals surface area contributed by atoms with E-state index in [1.165, 1.54) is 0 Å². The molecule has 2 aromatic carbocycles. The smallest absolute Gasteiger partial charge is 0.330 e. The summed E-state index contributed by atoms with van der Waals surface area (Å²) in [6, 6.07) is 13.8. The summed E-state index contributed by atoms with van der Waals surface area (Å²) >= 11 is 0. The highest BCUT2D eigenvalue weighted by Crippen LogP contribution is 2.53. The van der Waals surface area contributed by atoms with Crippen molar-refractivity contribution in [2.45, 2.75) is 32.7 Å². The molecule has 7 nitrogen and oxygen atoms in total. The average molecular weight is 473 g/mol. The van der Waals surface area contributed by atoms with Crippen LogP contribution >= 0.6 is 0 Å². The van der Waals surface area contributed by atoms with Crippen molar-refractivity contribution in [2.75, 3.05) is 11.9 Å². The van der Waals surface area contributed by atoms with Crippen LogP contribution in [0, 0.1) is 37.5 Å². The zero-order valence-electron chi connectivity index (χ0n) is 19.8. The zero-order valence-corrected chi connectivity index (χ0v) is 19.8. The van der Waals surface area contributed by atoms with Gasteiger partial charge in [0.15, 0.2) is 6.61 Å². The Morgan fingerprint density at radius 3 is 2.31 bits per heavy atom. The molecule has 5 atom stereocenters. The molecule has 2 aliphatic carbocycles. The van der Waals surface area contributed by atoms with E-state index >= 15 is 0 Å². The van der Waals surface area contributed by atoms with Crippen LogP contribution < -0.4 is 5.32 Å². The first-order valence-corrected chi connectivity index (χ1v) is 12.0. The number of hydrogen-bond acceptors (Lipinski definition) is 5. The third kappa shape index (κ3) is 4.27. The van der Waals surface area contributed by atoms with Crippen molar-refractivity contribution < 1.29 is 23.9 Å². The highest BCUT2D eigenvalue weighted by atomic mass is 16.5. The van der Waals surface area contributed by atoms with Crippen LogP contribution in [-0.2, 0) is 30.3 Å². The van der Waals surface area contributed by atoms with Crippen LogP contribution in [0.25, 0.3) is 0 Å². The molecule has 3 amide bonds. The van der Waals surface area contributed by atoms with Crippen molar-refractivity contribution in [1.82, 2.24) is 4.90 Å². The second kappa shape index (κ2) is 9.13. The topological polar surface area (TPSA) is 92.8 Å². The number of carbonyl (C=O) groups excluding carboxylic acids is 4. The standard InChI is InChI=1S/C28H28N2O5/c1-16-8-9-17(2)21(12-16)29-23(31)15-35-28(34)22(13-18-6-4-3-5-7-18)30-26(32)24-19-10-11-20(14-19)25(24)27(30)33/h3-12,19-20,22,24-25H,13-15H2,1-2H3,(H,29,31)/t19-,20-,22-,24+,25+/m0/s1. The van der Waals surface area contributed by atoms with Crippen molar-refractivity contribution in [3.8, 4) is 0 Å². The maximum Gasteiger partial charge on any atom is 0.330 e. The number of amides is 3. The lowest BCUT2D eigenvalue weighted by atomic mass is 9.85. The fraction of sp³-hybridized carbons (Fsp3) is 0.357. The molecule has 0 radical (unpaired) electrons. The molecule has 1 aliphatic heterocycles. The van der Waals surface area contributed by atoms with Gasteiger partial charge in [-0.3, -0.25) is 19.3 Å². The Morgan fingerprint density at radius 1 is 1.00 bits per heavy atom. The highest BCUT2D eigenvalue weighted by Gasteiger charge is 2.61. The summed E-state index contributed by atoms with van der Waals surface area (Å²) in [7, 11) is 0. The largest absolute Gasteiger partial charge is 0.454 e. The Balaban J connectivity index is 1.32. The van der Waals surface area contributed by atoms with E-state index in [0.717, 1.165) is 28.0 Å². The molecule has 2 fully saturated rings. The molecule has 1 N–H and O–H groups in total. The van der Waals surface area contributed by atoms with Crippen LogP contribution in [-0.4, -0.2) is 41.2 Å². The molecule has 1 heterocycles. The lowest BCUT2D eigenvalue weighted by Crippen LogP contribution is -2.48. The first kappa shape index (κ1) is 23.0. The molecule has 0 spiro atoms. The summed E-state index contributed by atoms with van der Waals surface area (Å²) < 4.78 is 5.37. The van der Waals surface area contributed by atoms with Crippen LogP contribution in [0.3, 0.4) is 0 Å². The SMILES string of the molecule is Cc1ccc(C)c(NC(=O)COC(=O)[C@H](Cc2ccccc2)N2C(=O)[C@H]3[C@H](C2=O)[C@H]2C=C[C@H]3C2)c1. The number of allylic oxidation sites excluding steroid dienone is 2. The fourth-order valence-corrected chi connectivity index (χ4v) is 5.64. The summed E-state index contributed by atoms with van der Waals surface area (Å²) in [4.78, 5) is 53.6. The van der Waals surface area contributed by atoms with Crippen molar-refractivity contribution in [1.29, 1.82) is 0 Å². The van der Waals surface area contributed by atoms with Gasteiger partial charge in [-0.15, -0.1) is 0 Å². The molecule has 3 aliphatic rings. The van der Waals surface area contributed by atoms with E-state index in [1.54, 1.807) is 0 Å². The average Bonchev–Trinajstić information content (AvgIpc) is 3.53. The van der Waals surface area contributed by atoms with E-state index in [1.807, 2.05) is 74.5 Å². The summed E-state index contributed by atoms with van der Waals surface area (Å²) in [5.41, 5.74) is 3.33. The Kier molecular flexibility index (Phi) is 6.01. The van der Waals surface area contributed by atoms with Crippen molar-refractivity contribution in [2.24, 2.45) is 23.7 Å².